The highest BCUT2D eigenvalue weighted by atomic mass is 14.9. The highest BCUT2D eigenvalue weighted by molar-refractivity contribution is 5.64. The first kappa shape index (κ1) is 14.3. The Morgan fingerprint density at radius 3 is 2.68 bits per heavy atom. The summed E-state index contributed by atoms with van der Waals surface area (Å²) in [6.07, 6.45) is 10.4. The maximum Gasteiger partial charge on any atom is 0.0412 e. The first-order valence-corrected chi connectivity index (χ1v) is 8.62. The van der Waals surface area contributed by atoms with Crippen molar-refractivity contribution in [2.24, 2.45) is 22.8 Å². The lowest BCUT2D eigenvalue weighted by atomic mass is 9.46. The Morgan fingerprint density at radius 1 is 1.23 bits per heavy atom. The number of rotatable bonds is 3. The zero-order chi connectivity index (χ0) is 15.4. The van der Waals surface area contributed by atoms with Crippen LogP contribution < -0.4 is 16.8 Å². The summed E-state index contributed by atoms with van der Waals surface area (Å²) in [6.45, 7) is 3.08. The number of benzene rings is 1. The van der Waals surface area contributed by atoms with Gasteiger partial charge < -0.3 is 16.8 Å². The molecule has 0 heterocycles. The molecule has 0 radical (unpaired) electrons. The Labute approximate surface area is 133 Å². The van der Waals surface area contributed by atoms with Gasteiger partial charge in [0, 0.05) is 23.8 Å². The number of fused-ring (bicyclic) bond motifs is 1. The molecular weight excluding hydrogens is 270 g/mol. The fourth-order valence-electron chi connectivity index (χ4n) is 4.89. The zero-order valence-electron chi connectivity index (χ0n) is 13.4. The van der Waals surface area contributed by atoms with Crippen molar-refractivity contribution in [2.45, 2.75) is 50.6 Å². The second-order valence-electron chi connectivity index (χ2n) is 7.84. The van der Waals surface area contributed by atoms with Crippen molar-refractivity contribution in [3.8, 4) is 0 Å². The summed E-state index contributed by atoms with van der Waals surface area (Å²) in [5.74, 6) is 0.623. The van der Waals surface area contributed by atoms with Crippen LogP contribution in [0.15, 0.2) is 24.3 Å². The molecule has 3 nitrogen and oxygen atoms in total. The molecule has 118 valence electrons. The van der Waals surface area contributed by atoms with Crippen LogP contribution in [0.1, 0.15) is 43.7 Å². The Kier molecular flexibility index (Phi) is 3.14. The fourth-order valence-corrected chi connectivity index (χ4v) is 4.89. The molecule has 0 aliphatic heterocycles. The van der Waals surface area contributed by atoms with Gasteiger partial charge in [-0.3, -0.25) is 0 Å². The molecule has 0 saturated heterocycles. The third-order valence-electron chi connectivity index (χ3n) is 6.11. The fraction of sp³-hybridized carbons (Fsp3) is 0.579. The summed E-state index contributed by atoms with van der Waals surface area (Å²) < 4.78 is 0. The summed E-state index contributed by atoms with van der Waals surface area (Å²) in [4.78, 5) is 0. The molecule has 2 fully saturated rings. The van der Waals surface area contributed by atoms with Gasteiger partial charge in [0.25, 0.3) is 0 Å². The van der Waals surface area contributed by atoms with Gasteiger partial charge in [0.05, 0.1) is 0 Å². The molecule has 1 atom stereocenters. The van der Waals surface area contributed by atoms with Crippen molar-refractivity contribution in [2.75, 3.05) is 11.9 Å². The second kappa shape index (κ2) is 4.84. The second-order valence-corrected chi connectivity index (χ2v) is 7.84. The maximum atomic E-state index is 6.78. The lowest BCUT2D eigenvalue weighted by Gasteiger charge is -2.61. The van der Waals surface area contributed by atoms with Crippen molar-refractivity contribution < 1.29 is 0 Å². The van der Waals surface area contributed by atoms with Crippen LogP contribution in [0.2, 0.25) is 0 Å². The van der Waals surface area contributed by atoms with Crippen LogP contribution in [0.5, 0.6) is 0 Å². The number of hydrogen-bond donors (Lipinski definition) is 3. The number of anilines is 1. The molecule has 2 saturated carbocycles. The Hall–Kier alpha value is -1.32. The Morgan fingerprint density at radius 2 is 2.00 bits per heavy atom. The van der Waals surface area contributed by atoms with E-state index in [0.29, 0.717) is 17.4 Å². The van der Waals surface area contributed by atoms with E-state index >= 15 is 0 Å². The van der Waals surface area contributed by atoms with Gasteiger partial charge in [0.1, 0.15) is 0 Å². The van der Waals surface area contributed by atoms with Gasteiger partial charge in [-0.25, -0.2) is 0 Å². The smallest absolute Gasteiger partial charge is 0.0412 e. The topological polar surface area (TPSA) is 64.1 Å². The lowest BCUT2D eigenvalue weighted by Crippen LogP contribution is -2.61. The van der Waals surface area contributed by atoms with Gasteiger partial charge >= 0.3 is 0 Å². The molecule has 22 heavy (non-hydrogen) atoms. The molecule has 1 aromatic rings. The summed E-state index contributed by atoms with van der Waals surface area (Å²) in [5.41, 5.74) is 17.0. The highest BCUT2D eigenvalue weighted by Crippen LogP contribution is 2.61. The van der Waals surface area contributed by atoms with Crippen LogP contribution in [0.4, 0.5) is 5.69 Å². The minimum Gasteiger partial charge on any atom is -0.385 e. The molecule has 0 aromatic heterocycles. The Balaban J connectivity index is 1.48. The van der Waals surface area contributed by atoms with Crippen molar-refractivity contribution in [3.05, 3.63) is 35.4 Å². The molecule has 0 bridgehead atoms. The van der Waals surface area contributed by atoms with Crippen LogP contribution in [0.3, 0.4) is 0 Å². The molecule has 1 unspecified atom stereocenters. The van der Waals surface area contributed by atoms with E-state index in [1.54, 1.807) is 0 Å². The average molecular weight is 297 g/mol. The van der Waals surface area contributed by atoms with Gasteiger partial charge in [-0.2, -0.15) is 0 Å². The maximum absolute atomic E-state index is 6.78. The molecule has 3 aliphatic rings. The number of nitrogens with one attached hydrogen (secondary N) is 1. The van der Waals surface area contributed by atoms with E-state index in [4.69, 9.17) is 11.5 Å². The predicted octanol–water partition coefficient (Wildman–Crippen LogP) is 2.90. The predicted molar refractivity (Wildman–Crippen MR) is 92.6 cm³/mol. The third kappa shape index (κ3) is 2.19. The molecular formula is C19H27N3. The molecule has 4 rings (SSSR count). The van der Waals surface area contributed by atoms with E-state index in [1.807, 2.05) is 0 Å². The van der Waals surface area contributed by atoms with Crippen molar-refractivity contribution >= 4 is 11.8 Å². The third-order valence-corrected chi connectivity index (χ3v) is 6.11. The Bertz CT molecular complexity index is 607. The van der Waals surface area contributed by atoms with E-state index in [0.717, 1.165) is 13.0 Å². The van der Waals surface area contributed by atoms with Crippen LogP contribution in [0.25, 0.3) is 6.08 Å². The monoisotopic (exact) mass is 297 g/mol. The number of hydrogen-bond acceptors (Lipinski definition) is 3. The van der Waals surface area contributed by atoms with E-state index in [-0.39, 0.29) is 5.54 Å². The molecule has 1 spiro atoms. The average Bonchev–Trinajstić information content (AvgIpc) is 2.42. The summed E-state index contributed by atoms with van der Waals surface area (Å²) in [7, 11) is 0. The first-order valence-electron chi connectivity index (χ1n) is 8.62. The molecule has 1 aromatic carbocycles. The molecule has 3 heteroatoms. The van der Waals surface area contributed by atoms with E-state index < -0.39 is 0 Å². The minimum atomic E-state index is -0.155. The summed E-state index contributed by atoms with van der Waals surface area (Å²) >= 11 is 0. The van der Waals surface area contributed by atoms with Gasteiger partial charge in [-0.05, 0) is 73.6 Å². The largest absolute Gasteiger partial charge is 0.385 e. The first-order chi connectivity index (χ1) is 10.5. The number of nitrogens with two attached hydrogens (primary N) is 2. The van der Waals surface area contributed by atoms with E-state index in [2.05, 4.69) is 42.6 Å². The van der Waals surface area contributed by atoms with Crippen LogP contribution in [-0.4, -0.2) is 18.1 Å². The quantitative estimate of drug-likeness (QED) is 0.804. The van der Waals surface area contributed by atoms with Crippen molar-refractivity contribution in [1.29, 1.82) is 0 Å². The van der Waals surface area contributed by atoms with Gasteiger partial charge in [-0.1, -0.05) is 18.2 Å². The normalized spacial score (nSPS) is 39.0. The minimum absolute atomic E-state index is 0.155. The lowest BCUT2D eigenvalue weighted by molar-refractivity contribution is -0.0609. The van der Waals surface area contributed by atoms with Gasteiger partial charge in [0.2, 0.25) is 0 Å². The zero-order valence-corrected chi connectivity index (χ0v) is 13.4. The van der Waals surface area contributed by atoms with Crippen LogP contribution in [-0.2, 0) is 6.42 Å². The summed E-state index contributed by atoms with van der Waals surface area (Å²) in [5, 5.41) is 3.38. The molecule has 5 N–H and O–H groups in total. The van der Waals surface area contributed by atoms with E-state index in [1.165, 1.54) is 42.5 Å². The molecule has 3 aliphatic carbocycles. The van der Waals surface area contributed by atoms with Crippen LogP contribution in [0, 0.1) is 11.3 Å². The highest BCUT2D eigenvalue weighted by Gasteiger charge is 2.56. The molecule has 0 amide bonds. The van der Waals surface area contributed by atoms with Crippen molar-refractivity contribution in [1.82, 2.24) is 0 Å². The summed E-state index contributed by atoms with van der Waals surface area (Å²) in [6, 6.07) is 7.10. The van der Waals surface area contributed by atoms with E-state index in [9.17, 15) is 0 Å². The standard InChI is InChI=1S/C19H27N3/c1-2-22-17-4-3-14-8-19(21,6-5-13(14)7-17)15-9-18(10-15)11-16(20)12-18/h3-7,15-16,22H,2,8-12,20-21H2,1H3. The van der Waals surface area contributed by atoms with Crippen LogP contribution >= 0.6 is 0 Å². The van der Waals surface area contributed by atoms with Gasteiger partial charge in [0.15, 0.2) is 0 Å². The van der Waals surface area contributed by atoms with Crippen molar-refractivity contribution in [3.63, 3.8) is 0 Å². The SMILES string of the molecule is CCNc1ccc2c(c1)C=CC(N)(C1CC3(CC(N)C3)C1)C2. The van der Waals surface area contributed by atoms with Gasteiger partial charge in [-0.15, -0.1) is 0 Å².